The number of methoxy groups -OCH3 is 1. The monoisotopic (exact) mass is 494 g/mol. The Kier molecular flexibility index (Phi) is 8.13. The zero-order chi connectivity index (χ0) is 26.2. The summed E-state index contributed by atoms with van der Waals surface area (Å²) in [5.41, 5.74) is 3.90. The van der Waals surface area contributed by atoms with Crippen molar-refractivity contribution < 1.29 is 28.9 Å². The van der Waals surface area contributed by atoms with Gasteiger partial charge < -0.3 is 14.2 Å². The summed E-state index contributed by atoms with van der Waals surface area (Å²) in [6.07, 6.45) is 1.37. The largest absolute Gasteiger partial charge is 0.493 e. The van der Waals surface area contributed by atoms with Gasteiger partial charge in [-0.15, -0.1) is 0 Å². The van der Waals surface area contributed by atoms with E-state index in [-0.39, 0.29) is 23.9 Å². The van der Waals surface area contributed by atoms with Crippen molar-refractivity contribution >= 4 is 23.5 Å². The van der Waals surface area contributed by atoms with Crippen LogP contribution in [0.1, 0.15) is 16.7 Å². The topological polar surface area (TPSA) is 155 Å². The molecule has 3 rings (SSSR count). The van der Waals surface area contributed by atoms with Gasteiger partial charge in [-0.2, -0.15) is 5.10 Å². The number of carbonyl (C=O) groups excluding carboxylic acids is 1. The predicted octanol–water partition coefficient (Wildman–Crippen LogP) is 4.45. The molecule has 186 valence electrons. The summed E-state index contributed by atoms with van der Waals surface area (Å²) in [6, 6.07) is 13.3. The first-order chi connectivity index (χ1) is 17.2. The summed E-state index contributed by atoms with van der Waals surface area (Å²) < 4.78 is 16.4. The molecule has 0 aliphatic carbocycles. The molecule has 0 heterocycles. The highest BCUT2D eigenvalue weighted by molar-refractivity contribution is 5.83. The van der Waals surface area contributed by atoms with Crippen LogP contribution in [0.25, 0.3) is 0 Å². The van der Waals surface area contributed by atoms with E-state index in [9.17, 15) is 25.0 Å². The number of non-ortho nitro benzene ring substituents is 1. The summed E-state index contributed by atoms with van der Waals surface area (Å²) in [6.45, 7) is 3.63. The van der Waals surface area contributed by atoms with Gasteiger partial charge in [-0.1, -0.05) is 17.7 Å². The van der Waals surface area contributed by atoms with Crippen molar-refractivity contribution in [2.45, 2.75) is 13.8 Å². The molecule has 12 nitrogen and oxygen atoms in total. The van der Waals surface area contributed by atoms with Gasteiger partial charge in [0.25, 0.3) is 11.6 Å². The standard InChI is InChI=1S/C24H22N4O8/c1-15-4-7-20(16(2)10-15)35-14-24(29)26-25-13-17-5-8-22(23(11-17)34-3)36-21-9-6-18(27(30)31)12-19(21)28(32)33/h4-13H,14H2,1-3H3,(H,26,29)/b25-13+. The summed E-state index contributed by atoms with van der Waals surface area (Å²) in [4.78, 5) is 32.8. The number of hydrazone groups is 1. The van der Waals surface area contributed by atoms with Crippen LogP contribution in [-0.2, 0) is 4.79 Å². The number of rotatable bonds is 10. The van der Waals surface area contributed by atoms with Crippen LogP contribution in [0.5, 0.6) is 23.0 Å². The first-order valence-corrected chi connectivity index (χ1v) is 10.5. The minimum absolute atomic E-state index is 0.137. The lowest BCUT2D eigenvalue weighted by Gasteiger charge is -2.11. The van der Waals surface area contributed by atoms with Crippen molar-refractivity contribution in [1.82, 2.24) is 5.43 Å². The molecule has 0 aromatic heterocycles. The SMILES string of the molecule is COc1cc(/C=N/NC(=O)COc2ccc(C)cc2C)ccc1Oc1ccc([N+](=O)[O-])cc1[N+](=O)[O-]. The molecule has 0 unspecified atom stereocenters. The quantitative estimate of drug-likeness (QED) is 0.246. The average Bonchev–Trinajstić information content (AvgIpc) is 2.84. The lowest BCUT2D eigenvalue weighted by Crippen LogP contribution is -2.24. The summed E-state index contributed by atoms with van der Waals surface area (Å²) in [5.74, 6) is 0.312. The van der Waals surface area contributed by atoms with Gasteiger partial charge in [-0.05, 0) is 55.3 Å². The van der Waals surface area contributed by atoms with Crippen molar-refractivity contribution in [3.63, 3.8) is 0 Å². The van der Waals surface area contributed by atoms with E-state index in [0.717, 1.165) is 29.3 Å². The fourth-order valence-corrected chi connectivity index (χ4v) is 3.13. The normalized spacial score (nSPS) is 10.6. The number of nitro benzene ring substituents is 2. The molecule has 3 aromatic carbocycles. The minimum Gasteiger partial charge on any atom is -0.493 e. The smallest absolute Gasteiger partial charge is 0.318 e. The number of benzene rings is 3. The molecular formula is C24H22N4O8. The highest BCUT2D eigenvalue weighted by Crippen LogP contribution is 2.38. The van der Waals surface area contributed by atoms with Crippen molar-refractivity contribution in [2.75, 3.05) is 13.7 Å². The number of amides is 1. The molecule has 0 bridgehead atoms. The summed E-state index contributed by atoms with van der Waals surface area (Å²) >= 11 is 0. The number of nitrogens with one attached hydrogen (secondary N) is 1. The lowest BCUT2D eigenvalue weighted by molar-refractivity contribution is -0.394. The number of carbonyl (C=O) groups is 1. The second-order valence-electron chi connectivity index (χ2n) is 7.53. The molecular weight excluding hydrogens is 472 g/mol. The third-order valence-corrected chi connectivity index (χ3v) is 4.85. The maximum absolute atomic E-state index is 12.0. The summed E-state index contributed by atoms with van der Waals surface area (Å²) in [7, 11) is 1.37. The zero-order valence-corrected chi connectivity index (χ0v) is 19.6. The lowest BCUT2D eigenvalue weighted by atomic mass is 10.1. The molecule has 0 saturated carbocycles. The Morgan fingerprint density at radius 2 is 1.67 bits per heavy atom. The Labute approximate surface area is 205 Å². The van der Waals surface area contributed by atoms with Gasteiger partial charge in [0.2, 0.25) is 5.75 Å². The number of ether oxygens (including phenoxy) is 3. The molecule has 1 N–H and O–H groups in total. The molecule has 36 heavy (non-hydrogen) atoms. The molecule has 0 spiro atoms. The zero-order valence-electron chi connectivity index (χ0n) is 19.6. The predicted molar refractivity (Wildman–Crippen MR) is 130 cm³/mol. The Bertz CT molecular complexity index is 1340. The number of nitrogens with zero attached hydrogens (tertiary/aromatic N) is 3. The van der Waals surface area contributed by atoms with Gasteiger partial charge >= 0.3 is 5.69 Å². The number of hydrogen-bond donors (Lipinski definition) is 1. The van der Waals surface area contributed by atoms with Gasteiger partial charge in [0, 0.05) is 6.07 Å². The van der Waals surface area contributed by atoms with E-state index in [1.807, 2.05) is 26.0 Å². The van der Waals surface area contributed by atoms with Crippen LogP contribution >= 0.6 is 0 Å². The molecule has 0 atom stereocenters. The Morgan fingerprint density at radius 1 is 0.944 bits per heavy atom. The fourth-order valence-electron chi connectivity index (χ4n) is 3.13. The van der Waals surface area contributed by atoms with Crippen LogP contribution in [0.4, 0.5) is 11.4 Å². The van der Waals surface area contributed by atoms with Crippen LogP contribution in [0.15, 0.2) is 59.7 Å². The van der Waals surface area contributed by atoms with Crippen molar-refractivity contribution in [2.24, 2.45) is 5.10 Å². The highest BCUT2D eigenvalue weighted by atomic mass is 16.6. The Hall–Kier alpha value is -5.00. The van der Waals surface area contributed by atoms with E-state index in [1.165, 1.54) is 25.5 Å². The van der Waals surface area contributed by atoms with E-state index in [2.05, 4.69) is 10.5 Å². The van der Waals surface area contributed by atoms with Gasteiger partial charge in [0.1, 0.15) is 5.75 Å². The van der Waals surface area contributed by atoms with E-state index in [4.69, 9.17) is 14.2 Å². The second kappa shape index (κ2) is 11.4. The highest BCUT2D eigenvalue weighted by Gasteiger charge is 2.22. The van der Waals surface area contributed by atoms with Gasteiger partial charge in [-0.3, -0.25) is 25.0 Å². The van der Waals surface area contributed by atoms with Gasteiger partial charge in [0.15, 0.2) is 18.1 Å². The van der Waals surface area contributed by atoms with Crippen molar-refractivity contribution in [3.8, 4) is 23.0 Å². The average molecular weight is 494 g/mol. The first kappa shape index (κ1) is 25.6. The maximum atomic E-state index is 12.0. The Morgan fingerprint density at radius 3 is 2.33 bits per heavy atom. The first-order valence-electron chi connectivity index (χ1n) is 10.5. The third kappa shape index (κ3) is 6.53. The molecule has 0 fully saturated rings. The van der Waals surface area contributed by atoms with Crippen LogP contribution in [-0.4, -0.2) is 35.7 Å². The fraction of sp³-hybridized carbons (Fsp3) is 0.167. The molecule has 0 aliphatic heterocycles. The molecule has 0 aliphatic rings. The van der Waals surface area contributed by atoms with Crippen LogP contribution < -0.4 is 19.6 Å². The van der Waals surface area contributed by atoms with E-state index in [1.54, 1.807) is 12.1 Å². The summed E-state index contributed by atoms with van der Waals surface area (Å²) in [5, 5.41) is 26.1. The van der Waals surface area contributed by atoms with E-state index < -0.39 is 27.1 Å². The molecule has 0 radical (unpaired) electrons. The minimum atomic E-state index is -0.775. The Balaban J connectivity index is 1.66. The molecule has 0 saturated heterocycles. The maximum Gasteiger partial charge on any atom is 0.318 e. The van der Waals surface area contributed by atoms with Crippen LogP contribution in [0.3, 0.4) is 0 Å². The molecule has 3 aromatic rings. The van der Waals surface area contributed by atoms with Crippen molar-refractivity contribution in [3.05, 3.63) is 91.5 Å². The van der Waals surface area contributed by atoms with Gasteiger partial charge in [-0.25, -0.2) is 5.43 Å². The van der Waals surface area contributed by atoms with E-state index in [0.29, 0.717) is 11.3 Å². The number of aryl methyl sites for hydroxylation is 2. The number of hydrogen-bond acceptors (Lipinski definition) is 9. The molecule has 1 amide bonds. The number of nitro groups is 2. The van der Waals surface area contributed by atoms with Crippen molar-refractivity contribution in [1.29, 1.82) is 0 Å². The second-order valence-corrected chi connectivity index (χ2v) is 7.53. The van der Waals surface area contributed by atoms with E-state index >= 15 is 0 Å². The van der Waals surface area contributed by atoms with Gasteiger partial charge in [0.05, 0.1) is 29.2 Å². The third-order valence-electron chi connectivity index (χ3n) is 4.85. The van der Waals surface area contributed by atoms with Crippen LogP contribution in [0, 0.1) is 34.1 Å². The van der Waals surface area contributed by atoms with Crippen LogP contribution in [0.2, 0.25) is 0 Å². The molecule has 12 heteroatoms.